The maximum atomic E-state index is 5.73. The maximum Gasteiger partial charge on any atom is 0.337 e. The van der Waals surface area contributed by atoms with Gasteiger partial charge in [-0.05, 0) is 19.1 Å². The van der Waals surface area contributed by atoms with Crippen LogP contribution < -0.4 is 15.2 Å². The first-order valence-electron chi connectivity index (χ1n) is 6.30. The lowest BCUT2D eigenvalue weighted by Crippen LogP contribution is -2.08. The molecule has 1 aromatic heterocycles. The zero-order valence-electron chi connectivity index (χ0n) is 11.0. The predicted octanol–water partition coefficient (Wildman–Crippen LogP) is 1.73. The van der Waals surface area contributed by atoms with E-state index in [0.29, 0.717) is 31.7 Å². The van der Waals surface area contributed by atoms with Crippen LogP contribution in [0.25, 0.3) is 0 Å². The minimum Gasteiger partial charge on any atom is -0.494 e. The van der Waals surface area contributed by atoms with Crippen LogP contribution in [0.1, 0.15) is 13.3 Å². The quantitative estimate of drug-likeness (QED) is 0.769. The summed E-state index contributed by atoms with van der Waals surface area (Å²) in [5.41, 5.74) is 5.73. The van der Waals surface area contributed by atoms with Gasteiger partial charge in [-0.2, -0.15) is 4.98 Å². The van der Waals surface area contributed by atoms with Crippen LogP contribution in [-0.4, -0.2) is 28.0 Å². The van der Waals surface area contributed by atoms with Crippen molar-refractivity contribution >= 4 is 5.95 Å². The maximum absolute atomic E-state index is 5.73. The summed E-state index contributed by atoms with van der Waals surface area (Å²) in [5, 5.41) is 4.15. The molecular weight excluding hydrogens is 244 g/mol. The van der Waals surface area contributed by atoms with Gasteiger partial charge in [-0.1, -0.05) is 18.2 Å². The topological polar surface area (TPSA) is 75.2 Å². The Kier molecular flexibility index (Phi) is 4.60. The highest BCUT2D eigenvalue weighted by atomic mass is 16.5. The Hall–Kier alpha value is -2.24. The molecule has 0 saturated carbocycles. The molecule has 0 atom stereocenters. The van der Waals surface area contributed by atoms with Crippen LogP contribution >= 0.6 is 0 Å². The Morgan fingerprint density at radius 2 is 2.00 bits per heavy atom. The van der Waals surface area contributed by atoms with E-state index in [1.165, 1.54) is 0 Å². The van der Waals surface area contributed by atoms with Crippen LogP contribution in [-0.2, 0) is 6.54 Å². The van der Waals surface area contributed by atoms with E-state index in [-0.39, 0.29) is 0 Å². The average molecular weight is 262 g/mol. The van der Waals surface area contributed by atoms with Crippen molar-refractivity contribution in [1.29, 1.82) is 0 Å². The third kappa shape index (κ3) is 3.87. The zero-order valence-corrected chi connectivity index (χ0v) is 11.0. The molecule has 2 aromatic rings. The molecule has 0 unspecified atom stereocenters. The zero-order chi connectivity index (χ0) is 13.5. The summed E-state index contributed by atoms with van der Waals surface area (Å²) >= 11 is 0. The van der Waals surface area contributed by atoms with Gasteiger partial charge in [0.1, 0.15) is 5.75 Å². The average Bonchev–Trinajstić information content (AvgIpc) is 2.77. The summed E-state index contributed by atoms with van der Waals surface area (Å²) in [6.07, 6.45) is 0.800. The molecule has 0 saturated heterocycles. The molecule has 2 N–H and O–H groups in total. The van der Waals surface area contributed by atoms with Crippen molar-refractivity contribution in [2.45, 2.75) is 19.9 Å². The number of anilines is 1. The van der Waals surface area contributed by atoms with Gasteiger partial charge in [0.05, 0.1) is 13.2 Å². The number of nitrogens with zero attached hydrogens (tertiary/aromatic N) is 3. The molecule has 6 nitrogen and oxygen atoms in total. The van der Waals surface area contributed by atoms with E-state index in [9.17, 15) is 0 Å². The summed E-state index contributed by atoms with van der Waals surface area (Å²) in [4.78, 5) is 4.00. The van der Waals surface area contributed by atoms with Gasteiger partial charge >= 0.3 is 6.01 Å². The van der Waals surface area contributed by atoms with Gasteiger partial charge in [-0.3, -0.25) is 0 Å². The highest BCUT2D eigenvalue weighted by Gasteiger charge is 2.06. The molecule has 0 fully saturated rings. The molecule has 1 aromatic carbocycles. The predicted molar refractivity (Wildman–Crippen MR) is 72.2 cm³/mol. The fraction of sp³-hybridized carbons (Fsp3) is 0.385. The summed E-state index contributed by atoms with van der Waals surface area (Å²) in [5.74, 6) is 1.23. The number of rotatable bonds is 7. The number of ether oxygens (including phenoxy) is 2. The molecular formula is C13H18N4O2. The van der Waals surface area contributed by atoms with Gasteiger partial charge in [0.15, 0.2) is 0 Å². The van der Waals surface area contributed by atoms with Gasteiger partial charge in [-0.15, -0.1) is 5.10 Å². The van der Waals surface area contributed by atoms with E-state index < -0.39 is 0 Å². The van der Waals surface area contributed by atoms with Gasteiger partial charge < -0.3 is 15.2 Å². The normalized spacial score (nSPS) is 10.4. The van der Waals surface area contributed by atoms with Crippen LogP contribution in [0.4, 0.5) is 5.95 Å². The number of nitrogen functional groups attached to an aromatic ring is 1. The molecule has 0 amide bonds. The van der Waals surface area contributed by atoms with Crippen LogP contribution in [0.15, 0.2) is 30.3 Å². The van der Waals surface area contributed by atoms with Crippen molar-refractivity contribution in [3.8, 4) is 11.8 Å². The molecule has 19 heavy (non-hydrogen) atoms. The lowest BCUT2D eigenvalue weighted by atomic mass is 10.3. The second-order valence-electron chi connectivity index (χ2n) is 3.92. The lowest BCUT2D eigenvalue weighted by molar-refractivity contribution is 0.292. The van der Waals surface area contributed by atoms with E-state index in [1.807, 2.05) is 37.3 Å². The molecule has 0 spiro atoms. The second-order valence-corrected chi connectivity index (χ2v) is 3.92. The SMILES string of the molecule is CCOc1nc(N)n(CCCOc2ccccc2)n1. The van der Waals surface area contributed by atoms with E-state index in [0.717, 1.165) is 12.2 Å². The number of aryl methyl sites for hydroxylation is 1. The smallest absolute Gasteiger partial charge is 0.337 e. The molecule has 2 rings (SSSR count). The van der Waals surface area contributed by atoms with Crippen molar-refractivity contribution in [2.24, 2.45) is 0 Å². The molecule has 0 aliphatic carbocycles. The molecule has 102 valence electrons. The number of benzene rings is 1. The molecule has 0 aliphatic rings. The summed E-state index contributed by atoms with van der Waals surface area (Å²) in [6.45, 7) is 3.66. The third-order valence-electron chi connectivity index (χ3n) is 2.48. The van der Waals surface area contributed by atoms with Crippen molar-refractivity contribution in [2.75, 3.05) is 18.9 Å². The van der Waals surface area contributed by atoms with Gasteiger partial charge in [0, 0.05) is 13.0 Å². The van der Waals surface area contributed by atoms with E-state index in [4.69, 9.17) is 15.2 Å². The fourth-order valence-corrected chi connectivity index (χ4v) is 1.61. The Labute approximate surface area is 112 Å². The van der Waals surface area contributed by atoms with E-state index in [1.54, 1.807) is 4.68 Å². The second kappa shape index (κ2) is 6.63. The Morgan fingerprint density at radius 3 is 2.74 bits per heavy atom. The van der Waals surface area contributed by atoms with Crippen molar-refractivity contribution in [1.82, 2.24) is 14.8 Å². The van der Waals surface area contributed by atoms with Crippen molar-refractivity contribution in [3.05, 3.63) is 30.3 Å². The molecule has 1 heterocycles. The minimum atomic E-state index is 0.323. The summed E-state index contributed by atoms with van der Waals surface area (Å²) in [6, 6.07) is 10.0. The minimum absolute atomic E-state index is 0.323. The highest BCUT2D eigenvalue weighted by molar-refractivity contribution is 5.21. The fourth-order valence-electron chi connectivity index (χ4n) is 1.61. The van der Waals surface area contributed by atoms with Crippen LogP contribution in [0.3, 0.4) is 0 Å². The molecule has 0 radical (unpaired) electrons. The first-order valence-corrected chi connectivity index (χ1v) is 6.30. The summed E-state index contributed by atoms with van der Waals surface area (Å²) < 4.78 is 12.4. The standard InChI is InChI=1S/C13H18N4O2/c1-2-18-13-15-12(14)17(16-13)9-6-10-19-11-7-4-3-5-8-11/h3-5,7-8H,2,6,9-10H2,1H3,(H2,14,15,16). The largest absolute Gasteiger partial charge is 0.494 e. The first kappa shape index (κ1) is 13.2. The number of aromatic nitrogens is 3. The van der Waals surface area contributed by atoms with Gasteiger partial charge in [0.25, 0.3) is 0 Å². The van der Waals surface area contributed by atoms with E-state index in [2.05, 4.69) is 10.1 Å². The Morgan fingerprint density at radius 1 is 1.21 bits per heavy atom. The number of nitrogens with two attached hydrogens (primary N) is 1. The lowest BCUT2D eigenvalue weighted by Gasteiger charge is -2.06. The molecule has 0 aliphatic heterocycles. The van der Waals surface area contributed by atoms with Crippen LogP contribution in [0, 0.1) is 0 Å². The number of para-hydroxylation sites is 1. The highest BCUT2D eigenvalue weighted by Crippen LogP contribution is 2.10. The number of hydrogen-bond acceptors (Lipinski definition) is 5. The van der Waals surface area contributed by atoms with Crippen molar-refractivity contribution < 1.29 is 9.47 Å². The summed E-state index contributed by atoms with van der Waals surface area (Å²) in [7, 11) is 0. The van der Waals surface area contributed by atoms with Gasteiger partial charge in [0.2, 0.25) is 5.95 Å². The van der Waals surface area contributed by atoms with Crippen LogP contribution in [0.2, 0.25) is 0 Å². The molecule has 0 bridgehead atoms. The molecule has 6 heteroatoms. The van der Waals surface area contributed by atoms with E-state index >= 15 is 0 Å². The monoisotopic (exact) mass is 262 g/mol. The van der Waals surface area contributed by atoms with Gasteiger partial charge in [-0.25, -0.2) is 4.68 Å². The Balaban J connectivity index is 1.76. The first-order chi connectivity index (χ1) is 9.29. The Bertz CT molecular complexity index is 499. The number of hydrogen-bond donors (Lipinski definition) is 1. The third-order valence-corrected chi connectivity index (χ3v) is 2.48. The van der Waals surface area contributed by atoms with Crippen molar-refractivity contribution in [3.63, 3.8) is 0 Å². The van der Waals surface area contributed by atoms with Crippen LogP contribution in [0.5, 0.6) is 11.8 Å².